The molecular weight excluding hydrogens is 232 g/mol. The van der Waals surface area contributed by atoms with Gasteiger partial charge in [0.2, 0.25) is 0 Å². The van der Waals surface area contributed by atoms with Crippen molar-refractivity contribution in [2.75, 3.05) is 13.7 Å². The van der Waals surface area contributed by atoms with Crippen molar-refractivity contribution in [2.45, 2.75) is 20.5 Å². The zero-order chi connectivity index (χ0) is 13.1. The third-order valence-electron chi connectivity index (χ3n) is 2.55. The van der Waals surface area contributed by atoms with Crippen LogP contribution in [0.25, 0.3) is 5.65 Å². The van der Waals surface area contributed by atoms with Gasteiger partial charge in [-0.15, -0.1) is 0 Å². The quantitative estimate of drug-likeness (QED) is 0.776. The predicted molar refractivity (Wildman–Crippen MR) is 66.6 cm³/mol. The van der Waals surface area contributed by atoms with Crippen LogP contribution in [-0.4, -0.2) is 29.1 Å². The van der Waals surface area contributed by atoms with Gasteiger partial charge in [0.05, 0.1) is 13.2 Å². The van der Waals surface area contributed by atoms with E-state index in [0.717, 1.165) is 16.8 Å². The molecule has 2 rings (SSSR count). The molecule has 0 bridgehead atoms. The van der Waals surface area contributed by atoms with Crippen LogP contribution < -0.4 is 0 Å². The van der Waals surface area contributed by atoms with E-state index in [1.165, 1.54) is 0 Å². The normalized spacial score (nSPS) is 10.8. The second-order valence-corrected chi connectivity index (χ2v) is 4.05. The number of carbonyl (C=O) groups excluding carboxylic acids is 1. The number of rotatable bonds is 4. The van der Waals surface area contributed by atoms with Gasteiger partial charge in [-0.05, 0) is 25.5 Å². The van der Waals surface area contributed by atoms with Gasteiger partial charge in [-0.25, -0.2) is 9.78 Å². The third-order valence-corrected chi connectivity index (χ3v) is 2.55. The Morgan fingerprint density at radius 1 is 1.44 bits per heavy atom. The number of carbonyl (C=O) groups is 1. The fourth-order valence-corrected chi connectivity index (χ4v) is 1.89. The molecule has 96 valence electrons. The molecule has 5 heteroatoms. The number of esters is 1. The van der Waals surface area contributed by atoms with Gasteiger partial charge in [0.25, 0.3) is 0 Å². The Morgan fingerprint density at radius 2 is 2.22 bits per heavy atom. The Hall–Kier alpha value is -1.88. The Labute approximate surface area is 105 Å². The molecular formula is C13H16N2O3. The molecule has 0 amide bonds. The number of methoxy groups -OCH3 is 1. The average molecular weight is 248 g/mol. The number of aryl methyl sites for hydroxylation is 1. The zero-order valence-corrected chi connectivity index (χ0v) is 10.8. The lowest BCUT2D eigenvalue weighted by molar-refractivity contribution is 0.0520. The first kappa shape index (κ1) is 12.6. The smallest absolute Gasteiger partial charge is 0.358 e. The van der Waals surface area contributed by atoms with Crippen LogP contribution in [0.15, 0.2) is 18.5 Å². The second-order valence-electron chi connectivity index (χ2n) is 4.05. The maximum atomic E-state index is 11.6. The van der Waals surface area contributed by atoms with Gasteiger partial charge in [0, 0.05) is 25.1 Å². The molecule has 0 N–H and O–H groups in total. The summed E-state index contributed by atoms with van der Waals surface area (Å²) in [4.78, 5) is 15.9. The minimum absolute atomic E-state index is 0.319. The summed E-state index contributed by atoms with van der Waals surface area (Å²) in [5, 5.41) is 0. The van der Waals surface area contributed by atoms with Crippen LogP contribution in [0, 0.1) is 6.92 Å². The van der Waals surface area contributed by atoms with E-state index in [-0.39, 0.29) is 0 Å². The van der Waals surface area contributed by atoms with E-state index in [4.69, 9.17) is 9.47 Å². The maximum absolute atomic E-state index is 11.6. The number of nitrogens with zero attached hydrogens (tertiary/aromatic N) is 2. The average Bonchev–Trinajstić information content (AvgIpc) is 2.73. The Morgan fingerprint density at radius 3 is 2.89 bits per heavy atom. The highest BCUT2D eigenvalue weighted by Gasteiger charge is 2.14. The van der Waals surface area contributed by atoms with E-state index in [0.29, 0.717) is 18.9 Å². The molecule has 0 fully saturated rings. The molecule has 0 aliphatic carbocycles. The van der Waals surface area contributed by atoms with E-state index >= 15 is 0 Å². The van der Waals surface area contributed by atoms with Gasteiger partial charge in [-0.3, -0.25) is 0 Å². The van der Waals surface area contributed by atoms with E-state index in [1.807, 2.05) is 23.6 Å². The molecule has 0 aliphatic heterocycles. The van der Waals surface area contributed by atoms with Gasteiger partial charge < -0.3 is 13.9 Å². The summed E-state index contributed by atoms with van der Waals surface area (Å²) in [6, 6.07) is 2.00. The van der Waals surface area contributed by atoms with Crippen molar-refractivity contribution in [2.24, 2.45) is 0 Å². The minimum Gasteiger partial charge on any atom is -0.461 e. The van der Waals surface area contributed by atoms with Crippen molar-refractivity contribution in [1.29, 1.82) is 0 Å². The summed E-state index contributed by atoms with van der Waals surface area (Å²) in [5.41, 5.74) is 3.08. The molecule has 0 unspecified atom stereocenters. The first-order chi connectivity index (χ1) is 8.65. The SMILES string of the molecule is CCOC(=O)c1cn2cc(C)cc(COC)c2n1. The summed E-state index contributed by atoms with van der Waals surface area (Å²) in [6.45, 7) is 4.57. The molecule has 0 saturated carbocycles. The Kier molecular flexibility index (Phi) is 3.62. The lowest BCUT2D eigenvalue weighted by Crippen LogP contribution is -2.04. The van der Waals surface area contributed by atoms with Gasteiger partial charge in [-0.2, -0.15) is 0 Å². The summed E-state index contributed by atoms with van der Waals surface area (Å²) >= 11 is 0. The molecule has 0 atom stereocenters. The van der Waals surface area contributed by atoms with Crippen molar-refractivity contribution < 1.29 is 14.3 Å². The Balaban J connectivity index is 2.49. The molecule has 2 aromatic rings. The molecule has 0 aliphatic rings. The minimum atomic E-state index is -0.401. The van der Waals surface area contributed by atoms with Crippen LogP contribution >= 0.6 is 0 Å². The van der Waals surface area contributed by atoms with Crippen molar-refractivity contribution in [1.82, 2.24) is 9.38 Å². The van der Waals surface area contributed by atoms with Crippen LogP contribution in [0.5, 0.6) is 0 Å². The van der Waals surface area contributed by atoms with Crippen LogP contribution in [0.1, 0.15) is 28.5 Å². The highest BCUT2D eigenvalue weighted by Crippen LogP contribution is 2.15. The number of hydrogen-bond donors (Lipinski definition) is 0. The Bertz CT molecular complexity index is 575. The summed E-state index contributed by atoms with van der Waals surface area (Å²) in [5.74, 6) is -0.401. The summed E-state index contributed by atoms with van der Waals surface area (Å²) in [7, 11) is 1.63. The largest absolute Gasteiger partial charge is 0.461 e. The number of ether oxygens (including phenoxy) is 2. The molecule has 18 heavy (non-hydrogen) atoms. The zero-order valence-electron chi connectivity index (χ0n) is 10.8. The standard InChI is InChI=1S/C13H16N2O3/c1-4-18-13(16)11-7-15-6-9(2)5-10(8-17-3)12(15)14-11/h5-7H,4,8H2,1-3H3. The van der Waals surface area contributed by atoms with Crippen molar-refractivity contribution >= 4 is 11.6 Å². The van der Waals surface area contributed by atoms with Crippen molar-refractivity contribution in [3.63, 3.8) is 0 Å². The number of fused-ring (bicyclic) bond motifs is 1. The molecule has 5 nitrogen and oxygen atoms in total. The molecule has 2 heterocycles. The molecule has 0 saturated heterocycles. The molecule has 0 aromatic carbocycles. The van der Waals surface area contributed by atoms with Crippen LogP contribution in [0.2, 0.25) is 0 Å². The van der Waals surface area contributed by atoms with Crippen LogP contribution in [0.4, 0.5) is 0 Å². The summed E-state index contributed by atoms with van der Waals surface area (Å²) < 4.78 is 11.9. The van der Waals surface area contributed by atoms with Gasteiger partial charge in [0.1, 0.15) is 5.65 Å². The van der Waals surface area contributed by atoms with Crippen molar-refractivity contribution in [3.05, 3.63) is 35.3 Å². The maximum Gasteiger partial charge on any atom is 0.358 e. The predicted octanol–water partition coefficient (Wildman–Crippen LogP) is 1.97. The highest BCUT2D eigenvalue weighted by atomic mass is 16.5. The highest BCUT2D eigenvalue weighted by molar-refractivity contribution is 5.88. The lowest BCUT2D eigenvalue weighted by Gasteiger charge is -2.03. The number of aromatic nitrogens is 2. The fraction of sp³-hybridized carbons (Fsp3) is 0.385. The third kappa shape index (κ3) is 2.36. The first-order valence-electron chi connectivity index (χ1n) is 5.80. The van der Waals surface area contributed by atoms with Gasteiger partial charge in [0.15, 0.2) is 5.69 Å². The van der Waals surface area contributed by atoms with Crippen LogP contribution in [-0.2, 0) is 16.1 Å². The van der Waals surface area contributed by atoms with Crippen molar-refractivity contribution in [3.8, 4) is 0 Å². The van der Waals surface area contributed by atoms with Gasteiger partial charge >= 0.3 is 5.97 Å². The molecule has 2 aromatic heterocycles. The first-order valence-corrected chi connectivity index (χ1v) is 5.80. The van der Waals surface area contributed by atoms with Gasteiger partial charge in [-0.1, -0.05) is 0 Å². The summed E-state index contributed by atoms with van der Waals surface area (Å²) in [6.07, 6.45) is 3.60. The molecule has 0 radical (unpaired) electrons. The van der Waals surface area contributed by atoms with E-state index < -0.39 is 5.97 Å². The monoisotopic (exact) mass is 248 g/mol. The van der Waals surface area contributed by atoms with E-state index in [1.54, 1.807) is 20.2 Å². The second kappa shape index (κ2) is 5.18. The molecule has 0 spiro atoms. The fourth-order valence-electron chi connectivity index (χ4n) is 1.89. The number of imidazole rings is 1. The number of hydrogen-bond acceptors (Lipinski definition) is 4. The van der Waals surface area contributed by atoms with Crippen LogP contribution in [0.3, 0.4) is 0 Å². The van der Waals surface area contributed by atoms with E-state index in [9.17, 15) is 4.79 Å². The number of pyridine rings is 1. The topological polar surface area (TPSA) is 52.8 Å². The lowest BCUT2D eigenvalue weighted by atomic mass is 10.2. The van der Waals surface area contributed by atoms with E-state index in [2.05, 4.69) is 4.98 Å².